The molecule has 20 heavy (non-hydrogen) atoms. The van der Waals surface area contributed by atoms with Crippen molar-refractivity contribution in [3.63, 3.8) is 0 Å². The van der Waals surface area contributed by atoms with Crippen LogP contribution in [0, 0.1) is 5.82 Å². The van der Waals surface area contributed by atoms with Gasteiger partial charge in [-0.1, -0.05) is 27.5 Å². The van der Waals surface area contributed by atoms with Crippen LogP contribution >= 0.6 is 43.5 Å². The number of rotatable bonds is 3. The minimum atomic E-state index is -0.591. The Balaban J connectivity index is 2.45. The molecule has 0 aliphatic heterocycles. The average Bonchev–Trinajstić information content (AvgIpc) is 2.37. The predicted molar refractivity (Wildman–Crippen MR) is 83.3 cm³/mol. The number of ketones is 1. The quantitative estimate of drug-likeness (QED) is 0.448. The summed E-state index contributed by atoms with van der Waals surface area (Å²) < 4.78 is 20.3. The van der Waals surface area contributed by atoms with Gasteiger partial charge < -0.3 is 4.74 Å². The van der Waals surface area contributed by atoms with E-state index in [1.807, 2.05) is 0 Å². The second-order valence-electron chi connectivity index (χ2n) is 4.00. The molecule has 2 rings (SSSR count). The Labute approximate surface area is 137 Å². The molecule has 2 nitrogen and oxygen atoms in total. The van der Waals surface area contributed by atoms with E-state index in [4.69, 9.17) is 16.3 Å². The number of benzene rings is 2. The Bertz CT molecular complexity index is 689. The second kappa shape index (κ2) is 6.24. The largest absolute Gasteiger partial charge is 0.455 e. The first-order chi connectivity index (χ1) is 9.38. The molecule has 0 spiro atoms. The highest BCUT2D eigenvalue weighted by molar-refractivity contribution is 9.10. The van der Waals surface area contributed by atoms with Gasteiger partial charge in [0.1, 0.15) is 17.3 Å². The predicted octanol–water partition coefficient (Wildman–Crippen LogP) is 6.00. The van der Waals surface area contributed by atoms with E-state index < -0.39 is 5.82 Å². The Morgan fingerprint density at radius 3 is 2.55 bits per heavy atom. The van der Waals surface area contributed by atoms with Crippen LogP contribution in [0.4, 0.5) is 4.39 Å². The third-order valence-electron chi connectivity index (χ3n) is 2.52. The van der Waals surface area contributed by atoms with Gasteiger partial charge >= 0.3 is 0 Å². The van der Waals surface area contributed by atoms with E-state index in [1.165, 1.54) is 19.1 Å². The van der Waals surface area contributed by atoms with E-state index in [-0.39, 0.29) is 16.6 Å². The van der Waals surface area contributed by atoms with Crippen LogP contribution in [0.5, 0.6) is 11.5 Å². The monoisotopic (exact) mass is 420 g/mol. The summed E-state index contributed by atoms with van der Waals surface area (Å²) >= 11 is 12.2. The van der Waals surface area contributed by atoms with E-state index in [2.05, 4.69) is 31.9 Å². The molecule has 0 unspecified atom stereocenters. The summed E-state index contributed by atoms with van der Waals surface area (Å²) in [5.41, 5.74) is 0.404. The first-order valence-corrected chi connectivity index (χ1v) is 7.47. The van der Waals surface area contributed by atoms with Gasteiger partial charge in [-0.3, -0.25) is 4.79 Å². The van der Waals surface area contributed by atoms with Gasteiger partial charge in [-0.15, -0.1) is 0 Å². The Morgan fingerprint density at radius 1 is 1.20 bits per heavy atom. The summed E-state index contributed by atoms with van der Waals surface area (Å²) in [4.78, 5) is 11.6. The maximum Gasteiger partial charge on any atom is 0.163 e. The highest BCUT2D eigenvalue weighted by Crippen LogP contribution is 2.35. The maximum atomic E-state index is 13.5. The van der Waals surface area contributed by atoms with E-state index in [0.717, 1.165) is 4.47 Å². The van der Waals surface area contributed by atoms with Crippen LogP contribution in [0.1, 0.15) is 17.3 Å². The smallest absolute Gasteiger partial charge is 0.163 e. The van der Waals surface area contributed by atoms with Crippen LogP contribution < -0.4 is 4.74 Å². The number of carbonyl (C=O) groups excluding carboxylic acids is 1. The van der Waals surface area contributed by atoms with Crippen LogP contribution in [0.15, 0.2) is 39.3 Å². The molecular formula is C14H8Br2ClFO2. The lowest BCUT2D eigenvalue weighted by molar-refractivity contribution is 0.101. The summed E-state index contributed by atoms with van der Waals surface area (Å²) in [5.74, 6) is -0.141. The first-order valence-electron chi connectivity index (χ1n) is 5.51. The van der Waals surface area contributed by atoms with Crippen molar-refractivity contribution in [2.24, 2.45) is 0 Å². The molecule has 0 aliphatic rings. The van der Waals surface area contributed by atoms with Crippen LogP contribution in [0.25, 0.3) is 0 Å². The van der Waals surface area contributed by atoms with Crippen LogP contribution in [-0.2, 0) is 0 Å². The Hall–Kier alpha value is -0.910. The average molecular weight is 422 g/mol. The second-order valence-corrected chi connectivity index (χ2v) is 6.17. The van der Waals surface area contributed by atoms with Gasteiger partial charge in [0.2, 0.25) is 0 Å². The number of Topliss-reactive ketones (excluding diaryl/α,β-unsaturated/α-hetero) is 1. The van der Waals surface area contributed by atoms with Crippen LogP contribution in [-0.4, -0.2) is 5.78 Å². The number of hydrogen-bond donors (Lipinski definition) is 0. The SMILES string of the molecule is CC(=O)c1cc(Br)ccc1Oc1cc(F)c(Cl)cc1Br. The summed E-state index contributed by atoms with van der Waals surface area (Å²) in [6.07, 6.45) is 0. The van der Waals surface area contributed by atoms with Crippen molar-refractivity contribution >= 4 is 49.2 Å². The molecule has 0 atom stereocenters. The summed E-state index contributed by atoms with van der Waals surface area (Å²) in [6, 6.07) is 7.59. The fourth-order valence-corrected chi connectivity index (χ4v) is 2.65. The van der Waals surface area contributed by atoms with Crippen molar-refractivity contribution in [2.75, 3.05) is 0 Å². The van der Waals surface area contributed by atoms with Crippen molar-refractivity contribution in [1.82, 2.24) is 0 Å². The number of carbonyl (C=O) groups is 1. The molecule has 0 N–H and O–H groups in total. The van der Waals surface area contributed by atoms with Gasteiger partial charge in [-0.25, -0.2) is 4.39 Å². The summed E-state index contributed by atoms with van der Waals surface area (Å²) in [7, 11) is 0. The molecule has 0 fully saturated rings. The zero-order valence-corrected chi connectivity index (χ0v) is 14.1. The third-order valence-corrected chi connectivity index (χ3v) is 3.92. The standard InChI is InChI=1S/C14H8Br2ClFO2/c1-7(19)9-4-8(15)2-3-13(9)20-14-6-12(18)11(17)5-10(14)16/h2-6H,1H3. The van der Waals surface area contributed by atoms with E-state index in [1.54, 1.807) is 18.2 Å². The van der Waals surface area contributed by atoms with Gasteiger partial charge in [0.15, 0.2) is 5.78 Å². The maximum absolute atomic E-state index is 13.5. The van der Waals surface area contributed by atoms with E-state index in [0.29, 0.717) is 15.8 Å². The molecule has 0 aliphatic carbocycles. The van der Waals surface area contributed by atoms with Crippen molar-refractivity contribution in [3.8, 4) is 11.5 Å². The fraction of sp³-hybridized carbons (Fsp3) is 0.0714. The van der Waals surface area contributed by atoms with Gasteiger partial charge in [0.25, 0.3) is 0 Å². The number of ether oxygens (including phenoxy) is 1. The van der Waals surface area contributed by atoms with Gasteiger partial charge in [0.05, 0.1) is 15.1 Å². The topological polar surface area (TPSA) is 26.3 Å². The molecule has 6 heteroatoms. The molecule has 2 aromatic rings. The van der Waals surface area contributed by atoms with E-state index in [9.17, 15) is 9.18 Å². The summed E-state index contributed by atoms with van der Waals surface area (Å²) in [5, 5.41) is -0.00757. The number of halogens is 4. The van der Waals surface area contributed by atoms with Crippen LogP contribution in [0.3, 0.4) is 0 Å². The van der Waals surface area contributed by atoms with E-state index >= 15 is 0 Å². The summed E-state index contributed by atoms with van der Waals surface area (Å²) in [6.45, 7) is 1.44. The minimum absolute atomic E-state index is 0.00757. The fourth-order valence-electron chi connectivity index (χ4n) is 1.57. The zero-order valence-electron chi connectivity index (χ0n) is 10.2. The number of hydrogen-bond acceptors (Lipinski definition) is 2. The molecule has 104 valence electrons. The van der Waals surface area contributed by atoms with Crippen LogP contribution in [0.2, 0.25) is 5.02 Å². The third kappa shape index (κ3) is 3.40. The lowest BCUT2D eigenvalue weighted by Gasteiger charge is -2.12. The van der Waals surface area contributed by atoms with Gasteiger partial charge in [-0.05, 0) is 47.1 Å². The van der Waals surface area contributed by atoms with Gasteiger partial charge in [-0.2, -0.15) is 0 Å². The Kier molecular flexibility index (Phi) is 4.83. The molecule has 0 heterocycles. The zero-order chi connectivity index (χ0) is 14.9. The molecular weight excluding hydrogens is 414 g/mol. The van der Waals surface area contributed by atoms with Crippen molar-refractivity contribution in [1.29, 1.82) is 0 Å². The molecule has 0 radical (unpaired) electrons. The lowest BCUT2D eigenvalue weighted by Crippen LogP contribution is -1.98. The lowest BCUT2D eigenvalue weighted by atomic mass is 10.1. The molecule has 0 saturated carbocycles. The highest BCUT2D eigenvalue weighted by atomic mass is 79.9. The van der Waals surface area contributed by atoms with Crippen molar-refractivity contribution in [3.05, 3.63) is 55.7 Å². The molecule has 0 bridgehead atoms. The van der Waals surface area contributed by atoms with Crippen molar-refractivity contribution in [2.45, 2.75) is 6.92 Å². The highest BCUT2D eigenvalue weighted by Gasteiger charge is 2.13. The molecule has 0 saturated heterocycles. The van der Waals surface area contributed by atoms with Gasteiger partial charge in [0, 0.05) is 10.5 Å². The minimum Gasteiger partial charge on any atom is -0.455 e. The molecule has 0 amide bonds. The normalized spacial score (nSPS) is 10.4. The first kappa shape index (κ1) is 15.5. The molecule has 0 aromatic heterocycles. The molecule has 2 aromatic carbocycles. The van der Waals surface area contributed by atoms with Crippen molar-refractivity contribution < 1.29 is 13.9 Å². The Morgan fingerprint density at radius 2 is 1.90 bits per heavy atom.